The number of ether oxygens (including phenoxy) is 2. The minimum atomic E-state index is 0. The Balaban J connectivity index is 0.00000261. The summed E-state index contributed by atoms with van der Waals surface area (Å²) < 4.78 is 17.1. The molecule has 0 bridgehead atoms. The Hall–Kier alpha value is -1.32. The maximum Gasteiger partial charge on any atom is 0.191 e. The van der Waals surface area contributed by atoms with Crippen LogP contribution in [0.3, 0.4) is 0 Å². The number of halogens is 1. The zero-order valence-electron chi connectivity index (χ0n) is 16.1. The molecule has 1 atom stereocenters. The summed E-state index contributed by atoms with van der Waals surface area (Å²) in [5.74, 6) is 1.67. The molecule has 1 aliphatic rings. The average Bonchev–Trinajstić information content (AvgIpc) is 3.12. The zero-order chi connectivity index (χ0) is 18.2. The van der Waals surface area contributed by atoms with Crippen LogP contribution in [0.4, 0.5) is 0 Å². The third kappa shape index (κ3) is 6.65. The Morgan fingerprint density at radius 1 is 1.30 bits per heavy atom. The molecule has 1 fully saturated rings. The molecule has 1 aromatic heterocycles. The van der Waals surface area contributed by atoms with Gasteiger partial charge in [0.2, 0.25) is 0 Å². The molecule has 0 amide bonds. The molecule has 3 rings (SSSR count). The van der Waals surface area contributed by atoms with Gasteiger partial charge in [-0.05, 0) is 38.3 Å². The second-order valence-corrected chi connectivity index (χ2v) is 6.59. The van der Waals surface area contributed by atoms with Crippen LogP contribution in [0.1, 0.15) is 38.0 Å². The number of fused-ring (bicyclic) bond motifs is 1. The van der Waals surface area contributed by atoms with Crippen LogP contribution in [0.5, 0.6) is 0 Å². The van der Waals surface area contributed by atoms with Gasteiger partial charge in [-0.3, -0.25) is 4.99 Å². The van der Waals surface area contributed by atoms with E-state index in [9.17, 15) is 0 Å². The Kier molecular flexibility index (Phi) is 9.36. The fraction of sp³-hybridized carbons (Fsp3) is 0.550. The second kappa shape index (κ2) is 11.5. The van der Waals surface area contributed by atoms with Gasteiger partial charge in [0.05, 0.1) is 12.1 Å². The van der Waals surface area contributed by atoms with E-state index in [0.29, 0.717) is 6.10 Å². The summed E-state index contributed by atoms with van der Waals surface area (Å²) in [6.07, 6.45) is 3.31. The van der Waals surface area contributed by atoms with E-state index in [2.05, 4.69) is 34.7 Å². The molecule has 2 N–H and O–H groups in total. The van der Waals surface area contributed by atoms with Crippen LogP contribution in [0.2, 0.25) is 0 Å². The molecule has 7 heteroatoms. The van der Waals surface area contributed by atoms with Gasteiger partial charge in [-0.1, -0.05) is 18.2 Å². The van der Waals surface area contributed by atoms with E-state index >= 15 is 0 Å². The van der Waals surface area contributed by atoms with Crippen LogP contribution in [0.25, 0.3) is 11.0 Å². The number of aliphatic imine (C=N–C) groups is 1. The number of hydrogen-bond donors (Lipinski definition) is 2. The van der Waals surface area contributed by atoms with Crippen molar-refractivity contribution < 1.29 is 13.9 Å². The van der Waals surface area contributed by atoms with Crippen molar-refractivity contribution in [1.29, 1.82) is 0 Å². The number of nitrogens with one attached hydrogen (secondary N) is 2. The van der Waals surface area contributed by atoms with Crippen molar-refractivity contribution in [1.82, 2.24) is 10.6 Å². The number of guanidine groups is 1. The Bertz CT molecular complexity index is 680. The molecule has 0 radical (unpaired) electrons. The first-order chi connectivity index (χ1) is 12.8. The summed E-state index contributed by atoms with van der Waals surface area (Å²) in [5.41, 5.74) is 0.907. The summed E-state index contributed by atoms with van der Waals surface area (Å²) in [5, 5.41) is 7.82. The maximum absolute atomic E-state index is 5.91. The first-order valence-electron chi connectivity index (χ1n) is 9.41. The molecule has 6 nitrogen and oxygen atoms in total. The largest absolute Gasteiger partial charge is 0.459 e. The first-order valence-corrected chi connectivity index (χ1v) is 9.41. The number of hydrogen-bond acceptors (Lipinski definition) is 4. The van der Waals surface area contributed by atoms with Crippen LogP contribution < -0.4 is 10.6 Å². The normalized spacial score (nSPS) is 16.7. The first kappa shape index (κ1) is 22.0. The smallest absolute Gasteiger partial charge is 0.191 e. The van der Waals surface area contributed by atoms with Gasteiger partial charge in [-0.15, -0.1) is 24.0 Å². The molecular formula is C20H30IN3O3. The quantitative estimate of drug-likeness (QED) is 0.269. The number of benzene rings is 1. The van der Waals surface area contributed by atoms with E-state index in [1.165, 1.54) is 0 Å². The number of furan rings is 1. The highest BCUT2D eigenvalue weighted by atomic mass is 127. The van der Waals surface area contributed by atoms with Crippen molar-refractivity contribution >= 4 is 40.9 Å². The average molecular weight is 487 g/mol. The van der Waals surface area contributed by atoms with E-state index in [4.69, 9.17) is 13.9 Å². The summed E-state index contributed by atoms with van der Waals surface area (Å²) in [6.45, 7) is 5.28. The Labute approximate surface area is 178 Å². The van der Waals surface area contributed by atoms with Crippen molar-refractivity contribution in [3.05, 3.63) is 36.1 Å². The predicted molar refractivity (Wildman–Crippen MR) is 119 cm³/mol. The van der Waals surface area contributed by atoms with E-state index < -0.39 is 0 Å². The second-order valence-electron chi connectivity index (χ2n) is 6.59. The SMILES string of the molecule is CN=C(NCCCOC1CCOCC1)NC(C)c1cc2ccccc2o1.I. The number of rotatable bonds is 7. The highest BCUT2D eigenvalue weighted by Gasteiger charge is 2.14. The monoisotopic (exact) mass is 487 g/mol. The van der Waals surface area contributed by atoms with E-state index in [1.54, 1.807) is 7.05 Å². The van der Waals surface area contributed by atoms with Crippen molar-refractivity contribution in [2.45, 2.75) is 38.3 Å². The van der Waals surface area contributed by atoms with Gasteiger partial charge in [0, 0.05) is 38.8 Å². The van der Waals surface area contributed by atoms with Crippen LogP contribution >= 0.6 is 24.0 Å². The van der Waals surface area contributed by atoms with Crippen LogP contribution in [-0.2, 0) is 9.47 Å². The molecule has 1 saturated heterocycles. The molecule has 150 valence electrons. The lowest BCUT2D eigenvalue weighted by Gasteiger charge is -2.22. The molecule has 0 spiro atoms. The molecule has 0 saturated carbocycles. The fourth-order valence-electron chi connectivity index (χ4n) is 3.06. The maximum atomic E-state index is 5.91. The van der Waals surface area contributed by atoms with Crippen molar-refractivity contribution in [3.8, 4) is 0 Å². The summed E-state index contributed by atoms with van der Waals surface area (Å²) in [6, 6.07) is 10.1. The fourth-order valence-corrected chi connectivity index (χ4v) is 3.06. The van der Waals surface area contributed by atoms with Gasteiger partial charge in [0.1, 0.15) is 11.3 Å². The van der Waals surface area contributed by atoms with Crippen molar-refractivity contribution in [2.24, 2.45) is 4.99 Å². The lowest BCUT2D eigenvalue weighted by molar-refractivity contribution is -0.0320. The van der Waals surface area contributed by atoms with Gasteiger partial charge in [0.15, 0.2) is 5.96 Å². The highest BCUT2D eigenvalue weighted by molar-refractivity contribution is 14.0. The molecule has 2 heterocycles. The van der Waals surface area contributed by atoms with Crippen LogP contribution in [-0.4, -0.2) is 45.5 Å². The Morgan fingerprint density at radius 3 is 2.81 bits per heavy atom. The van der Waals surface area contributed by atoms with Crippen LogP contribution in [0, 0.1) is 0 Å². The summed E-state index contributed by atoms with van der Waals surface area (Å²) >= 11 is 0. The van der Waals surface area contributed by atoms with Gasteiger partial charge in [0.25, 0.3) is 0 Å². The highest BCUT2D eigenvalue weighted by Crippen LogP contribution is 2.23. The van der Waals surface area contributed by atoms with Gasteiger partial charge in [-0.2, -0.15) is 0 Å². The third-order valence-electron chi connectivity index (χ3n) is 4.58. The molecule has 1 unspecified atom stereocenters. The standard InChI is InChI=1S/C20H29N3O3.HI/c1-15(19-14-16-6-3-4-7-18(16)26-19)23-20(21-2)22-10-5-11-25-17-8-12-24-13-9-17;/h3-4,6-7,14-15,17H,5,8-13H2,1-2H3,(H2,21,22,23);1H. The van der Waals surface area contributed by atoms with E-state index in [0.717, 1.165) is 68.3 Å². The summed E-state index contributed by atoms with van der Waals surface area (Å²) in [4.78, 5) is 4.29. The minimum Gasteiger partial charge on any atom is -0.459 e. The third-order valence-corrected chi connectivity index (χ3v) is 4.58. The predicted octanol–water partition coefficient (Wildman–Crippen LogP) is 3.86. The van der Waals surface area contributed by atoms with Crippen molar-refractivity contribution in [2.75, 3.05) is 33.4 Å². The minimum absolute atomic E-state index is 0. The number of nitrogens with zero attached hydrogens (tertiary/aromatic N) is 1. The summed E-state index contributed by atoms with van der Waals surface area (Å²) in [7, 11) is 1.78. The Morgan fingerprint density at radius 2 is 2.07 bits per heavy atom. The zero-order valence-corrected chi connectivity index (χ0v) is 18.4. The molecule has 1 aliphatic heterocycles. The topological polar surface area (TPSA) is 68.0 Å². The van der Waals surface area contributed by atoms with Gasteiger partial charge in [-0.25, -0.2) is 0 Å². The lowest BCUT2D eigenvalue weighted by atomic mass is 10.1. The molecule has 27 heavy (non-hydrogen) atoms. The molecular weight excluding hydrogens is 457 g/mol. The van der Waals surface area contributed by atoms with E-state index in [1.807, 2.05) is 18.2 Å². The molecule has 0 aliphatic carbocycles. The molecule has 2 aromatic rings. The molecule has 1 aromatic carbocycles. The number of para-hydroxylation sites is 1. The van der Waals surface area contributed by atoms with Crippen molar-refractivity contribution in [3.63, 3.8) is 0 Å². The van der Waals surface area contributed by atoms with Gasteiger partial charge < -0.3 is 24.5 Å². The van der Waals surface area contributed by atoms with E-state index in [-0.39, 0.29) is 30.0 Å². The lowest BCUT2D eigenvalue weighted by Crippen LogP contribution is -2.39. The van der Waals surface area contributed by atoms with Crippen LogP contribution in [0.15, 0.2) is 39.7 Å². The van der Waals surface area contributed by atoms with Gasteiger partial charge >= 0.3 is 0 Å².